The van der Waals surface area contributed by atoms with E-state index in [9.17, 15) is 4.79 Å². The second kappa shape index (κ2) is 5.32. The molecule has 1 heterocycles. The Hall–Kier alpha value is -0.440. The van der Waals surface area contributed by atoms with Crippen molar-refractivity contribution in [1.82, 2.24) is 4.72 Å². The summed E-state index contributed by atoms with van der Waals surface area (Å²) in [6.07, 6.45) is 6.09. The van der Waals surface area contributed by atoms with Gasteiger partial charge in [-0.2, -0.15) is 0 Å². The lowest BCUT2D eigenvalue weighted by Gasteiger charge is -2.14. The van der Waals surface area contributed by atoms with E-state index in [0.717, 1.165) is 18.4 Å². The minimum atomic E-state index is 0.551. The third-order valence-corrected chi connectivity index (χ3v) is 3.66. The van der Waals surface area contributed by atoms with Crippen LogP contribution in [0.1, 0.15) is 33.1 Å². The lowest BCUT2D eigenvalue weighted by atomic mass is 9.95. The number of allylic oxidation sites excluding steroid dienone is 2. The molecule has 1 saturated heterocycles. The van der Waals surface area contributed by atoms with E-state index in [1.165, 1.54) is 12.8 Å². The molecule has 13 heavy (non-hydrogen) atoms. The van der Waals surface area contributed by atoms with Crippen LogP contribution < -0.4 is 4.72 Å². The molecular weight excluding hydrogens is 182 g/mol. The van der Waals surface area contributed by atoms with Crippen LogP contribution in [0.25, 0.3) is 0 Å². The van der Waals surface area contributed by atoms with E-state index in [0.29, 0.717) is 11.2 Å². The maximum absolute atomic E-state index is 10.4. The first kappa shape index (κ1) is 10.6. The van der Waals surface area contributed by atoms with E-state index in [1.807, 2.05) is 0 Å². The van der Waals surface area contributed by atoms with E-state index in [2.05, 4.69) is 18.6 Å². The first-order chi connectivity index (χ1) is 6.33. The predicted octanol–water partition coefficient (Wildman–Crippen LogP) is 2.52. The summed E-state index contributed by atoms with van der Waals surface area (Å²) in [5, 5.41) is 0.654. The number of carbonyl (C=O) groups is 1. The van der Waals surface area contributed by atoms with Crippen LogP contribution in [0.2, 0.25) is 0 Å². The number of carbonyl (C=O) groups excluding carboxylic acids is 1. The summed E-state index contributed by atoms with van der Waals surface area (Å²) < 4.78 is 3.24. The van der Waals surface area contributed by atoms with E-state index >= 15 is 0 Å². The van der Waals surface area contributed by atoms with Crippen molar-refractivity contribution in [3.63, 3.8) is 0 Å². The number of rotatable bonds is 4. The van der Waals surface area contributed by atoms with Crippen molar-refractivity contribution in [2.75, 3.05) is 0 Å². The molecule has 0 amide bonds. The van der Waals surface area contributed by atoms with Crippen LogP contribution in [0, 0.1) is 5.92 Å². The highest BCUT2D eigenvalue weighted by Gasteiger charge is 2.29. The Morgan fingerprint density at radius 3 is 2.85 bits per heavy atom. The molecule has 0 aromatic heterocycles. The van der Waals surface area contributed by atoms with Crippen molar-refractivity contribution in [2.45, 2.75) is 38.4 Å². The molecule has 2 unspecified atom stereocenters. The molecule has 0 aromatic carbocycles. The highest BCUT2D eigenvalue weighted by atomic mass is 32.2. The standard InChI is InChI=1S/C10H17NOS/c1-3-5-10-8(4-2)9(6-7-12)11-13-10/h6-8,10-11H,3-5H2,1-2H3/b9-6-. The van der Waals surface area contributed by atoms with Gasteiger partial charge in [0, 0.05) is 16.9 Å². The minimum Gasteiger partial charge on any atom is -0.333 e. The van der Waals surface area contributed by atoms with Gasteiger partial charge in [0.25, 0.3) is 0 Å². The Morgan fingerprint density at radius 2 is 2.31 bits per heavy atom. The minimum absolute atomic E-state index is 0.551. The summed E-state index contributed by atoms with van der Waals surface area (Å²) in [7, 11) is 0. The van der Waals surface area contributed by atoms with Crippen LogP contribution in [0.4, 0.5) is 0 Å². The van der Waals surface area contributed by atoms with Crippen molar-refractivity contribution in [3.8, 4) is 0 Å². The summed E-state index contributed by atoms with van der Waals surface area (Å²) in [5.74, 6) is 0.551. The topological polar surface area (TPSA) is 29.1 Å². The smallest absolute Gasteiger partial charge is 0.144 e. The highest BCUT2D eigenvalue weighted by molar-refractivity contribution is 7.98. The Balaban J connectivity index is 2.62. The molecule has 0 bridgehead atoms. The first-order valence-corrected chi connectivity index (χ1v) is 5.78. The second-order valence-electron chi connectivity index (χ2n) is 3.32. The van der Waals surface area contributed by atoms with Gasteiger partial charge in [0.1, 0.15) is 6.29 Å². The predicted molar refractivity (Wildman–Crippen MR) is 57.4 cm³/mol. The molecule has 2 nitrogen and oxygen atoms in total. The van der Waals surface area contributed by atoms with Crippen LogP contribution in [-0.4, -0.2) is 11.5 Å². The summed E-state index contributed by atoms with van der Waals surface area (Å²) in [6.45, 7) is 4.38. The number of nitrogens with one attached hydrogen (secondary N) is 1. The fourth-order valence-electron chi connectivity index (χ4n) is 1.76. The van der Waals surface area contributed by atoms with Gasteiger partial charge >= 0.3 is 0 Å². The van der Waals surface area contributed by atoms with Gasteiger partial charge in [0.2, 0.25) is 0 Å². The van der Waals surface area contributed by atoms with Crippen LogP contribution >= 0.6 is 11.9 Å². The van der Waals surface area contributed by atoms with Crippen LogP contribution in [0.5, 0.6) is 0 Å². The maximum Gasteiger partial charge on any atom is 0.144 e. The molecule has 0 aromatic rings. The average molecular weight is 199 g/mol. The lowest BCUT2D eigenvalue weighted by Crippen LogP contribution is -2.12. The number of aldehydes is 1. The van der Waals surface area contributed by atoms with Crippen LogP contribution in [-0.2, 0) is 4.79 Å². The Bertz CT molecular complexity index is 203. The molecule has 1 fully saturated rings. The van der Waals surface area contributed by atoms with Crippen molar-refractivity contribution >= 4 is 18.2 Å². The zero-order chi connectivity index (χ0) is 9.68. The summed E-state index contributed by atoms with van der Waals surface area (Å²) >= 11 is 1.77. The van der Waals surface area contributed by atoms with Gasteiger partial charge in [-0.25, -0.2) is 0 Å². The van der Waals surface area contributed by atoms with Gasteiger partial charge in [0.15, 0.2) is 0 Å². The third kappa shape index (κ3) is 2.50. The molecule has 1 aliphatic rings. The van der Waals surface area contributed by atoms with Crippen molar-refractivity contribution in [2.24, 2.45) is 5.92 Å². The first-order valence-electron chi connectivity index (χ1n) is 4.90. The molecule has 1 N–H and O–H groups in total. The third-order valence-electron chi connectivity index (χ3n) is 2.44. The van der Waals surface area contributed by atoms with Crippen LogP contribution in [0.15, 0.2) is 11.8 Å². The largest absolute Gasteiger partial charge is 0.333 e. The SMILES string of the molecule is CCCC1SN/C(=C\C=O)C1CC. The Kier molecular flexibility index (Phi) is 4.36. The molecule has 0 spiro atoms. The zero-order valence-electron chi connectivity index (χ0n) is 8.25. The van der Waals surface area contributed by atoms with E-state index in [-0.39, 0.29) is 0 Å². The molecule has 1 aliphatic heterocycles. The van der Waals surface area contributed by atoms with Crippen LogP contribution in [0.3, 0.4) is 0 Å². The van der Waals surface area contributed by atoms with E-state index in [4.69, 9.17) is 0 Å². The van der Waals surface area contributed by atoms with E-state index in [1.54, 1.807) is 18.0 Å². The molecular formula is C10H17NOS. The molecule has 74 valence electrons. The van der Waals surface area contributed by atoms with Crippen molar-refractivity contribution < 1.29 is 4.79 Å². The van der Waals surface area contributed by atoms with Gasteiger partial charge in [-0.1, -0.05) is 20.3 Å². The van der Waals surface area contributed by atoms with Crippen molar-refractivity contribution in [3.05, 3.63) is 11.8 Å². The van der Waals surface area contributed by atoms with Gasteiger partial charge in [-0.3, -0.25) is 4.79 Å². The molecule has 2 atom stereocenters. The second-order valence-corrected chi connectivity index (χ2v) is 4.37. The Labute approximate surface area is 84.3 Å². The fourth-order valence-corrected chi connectivity index (χ4v) is 3.12. The molecule has 0 radical (unpaired) electrons. The summed E-state index contributed by atoms with van der Waals surface area (Å²) in [4.78, 5) is 10.4. The monoisotopic (exact) mass is 199 g/mol. The molecule has 3 heteroatoms. The Morgan fingerprint density at radius 1 is 1.54 bits per heavy atom. The summed E-state index contributed by atoms with van der Waals surface area (Å²) in [5.41, 5.74) is 1.11. The quantitative estimate of drug-likeness (QED) is 0.428. The normalized spacial score (nSPS) is 30.5. The fraction of sp³-hybridized carbons (Fsp3) is 0.700. The summed E-state index contributed by atoms with van der Waals surface area (Å²) in [6, 6.07) is 0. The zero-order valence-corrected chi connectivity index (χ0v) is 9.06. The number of hydrogen-bond acceptors (Lipinski definition) is 3. The van der Waals surface area contributed by atoms with Gasteiger partial charge in [-0.15, -0.1) is 0 Å². The molecule has 0 saturated carbocycles. The molecule has 0 aliphatic carbocycles. The lowest BCUT2D eigenvalue weighted by molar-refractivity contribution is -0.104. The van der Waals surface area contributed by atoms with Crippen molar-refractivity contribution in [1.29, 1.82) is 0 Å². The highest BCUT2D eigenvalue weighted by Crippen LogP contribution is 2.36. The van der Waals surface area contributed by atoms with Gasteiger partial charge in [0.05, 0.1) is 0 Å². The van der Waals surface area contributed by atoms with E-state index < -0.39 is 0 Å². The number of hydrogen-bond donors (Lipinski definition) is 1. The van der Waals surface area contributed by atoms with Gasteiger partial charge < -0.3 is 4.72 Å². The van der Waals surface area contributed by atoms with Gasteiger partial charge in [-0.05, 0) is 30.9 Å². The average Bonchev–Trinajstić information content (AvgIpc) is 2.49. The molecule has 1 rings (SSSR count). The maximum atomic E-state index is 10.4.